The molecule has 0 radical (unpaired) electrons. The number of methoxy groups -OCH3 is 1. The van der Waals surface area contributed by atoms with Crippen molar-refractivity contribution >= 4 is 0 Å². The lowest BCUT2D eigenvalue weighted by Crippen LogP contribution is -2.12. The van der Waals surface area contributed by atoms with E-state index in [0.717, 1.165) is 19.6 Å². The quantitative estimate of drug-likeness (QED) is 0.814. The second-order valence-corrected chi connectivity index (χ2v) is 4.13. The maximum atomic E-state index is 5.06. The number of hydrogen-bond donors (Lipinski definition) is 1. The van der Waals surface area contributed by atoms with Crippen LogP contribution in [0.15, 0.2) is 24.3 Å². The summed E-state index contributed by atoms with van der Waals surface area (Å²) in [6, 6.07) is 9.51. The molecule has 0 amide bonds. The molecule has 1 N–H and O–H groups in total. The van der Waals surface area contributed by atoms with Crippen molar-refractivity contribution in [2.75, 3.05) is 20.3 Å². The van der Waals surface area contributed by atoms with Gasteiger partial charge in [-0.2, -0.15) is 0 Å². The number of benzene rings is 1. The van der Waals surface area contributed by atoms with E-state index in [4.69, 9.17) is 4.74 Å². The fourth-order valence-corrected chi connectivity index (χ4v) is 2.11. The molecule has 1 aliphatic rings. The van der Waals surface area contributed by atoms with Crippen LogP contribution in [0.25, 0.3) is 0 Å². The van der Waals surface area contributed by atoms with E-state index in [2.05, 4.69) is 29.6 Å². The predicted octanol–water partition coefficient (Wildman–Crippen LogP) is 2.30. The Kier molecular flexibility index (Phi) is 3.75. The van der Waals surface area contributed by atoms with E-state index in [1.807, 2.05) is 0 Å². The van der Waals surface area contributed by atoms with Crippen LogP contribution in [0, 0.1) is 0 Å². The molecular weight excluding hydrogens is 186 g/mol. The van der Waals surface area contributed by atoms with Crippen LogP contribution in [0.3, 0.4) is 0 Å². The van der Waals surface area contributed by atoms with E-state index < -0.39 is 0 Å². The van der Waals surface area contributed by atoms with Gasteiger partial charge in [-0.1, -0.05) is 24.3 Å². The van der Waals surface area contributed by atoms with Gasteiger partial charge in [0.2, 0.25) is 0 Å². The zero-order chi connectivity index (χ0) is 10.5. The van der Waals surface area contributed by atoms with Crippen molar-refractivity contribution in [1.82, 2.24) is 5.32 Å². The normalized spacial score (nSPS) is 20.7. The SMILES string of the molecule is COCCc1ccc(C2CCCN2)cc1. The Hall–Kier alpha value is -0.860. The largest absolute Gasteiger partial charge is 0.384 e. The molecule has 1 heterocycles. The third kappa shape index (κ3) is 2.80. The molecule has 82 valence electrons. The van der Waals surface area contributed by atoms with Crippen molar-refractivity contribution in [1.29, 1.82) is 0 Å². The highest BCUT2D eigenvalue weighted by Gasteiger charge is 2.15. The number of ether oxygens (including phenoxy) is 1. The summed E-state index contributed by atoms with van der Waals surface area (Å²) in [5.74, 6) is 0. The number of rotatable bonds is 4. The second-order valence-electron chi connectivity index (χ2n) is 4.13. The highest BCUT2D eigenvalue weighted by molar-refractivity contribution is 5.25. The van der Waals surface area contributed by atoms with Crippen LogP contribution in [0.5, 0.6) is 0 Å². The zero-order valence-corrected chi connectivity index (χ0v) is 9.33. The first-order valence-electron chi connectivity index (χ1n) is 5.71. The Balaban J connectivity index is 1.96. The van der Waals surface area contributed by atoms with E-state index >= 15 is 0 Å². The lowest BCUT2D eigenvalue weighted by Gasteiger charge is -2.11. The standard InChI is InChI=1S/C13H19NO/c1-15-10-8-11-4-6-12(7-5-11)13-3-2-9-14-13/h4-7,13-14H,2-3,8-10H2,1H3. The number of hydrogen-bond acceptors (Lipinski definition) is 2. The molecule has 2 heteroatoms. The highest BCUT2D eigenvalue weighted by atomic mass is 16.5. The third-order valence-corrected chi connectivity index (χ3v) is 3.04. The fraction of sp³-hybridized carbons (Fsp3) is 0.538. The van der Waals surface area contributed by atoms with Gasteiger partial charge in [-0.15, -0.1) is 0 Å². The Morgan fingerprint density at radius 3 is 2.73 bits per heavy atom. The Bertz CT molecular complexity index is 288. The third-order valence-electron chi connectivity index (χ3n) is 3.04. The predicted molar refractivity (Wildman–Crippen MR) is 62.0 cm³/mol. The van der Waals surface area contributed by atoms with Gasteiger partial charge in [0, 0.05) is 13.2 Å². The van der Waals surface area contributed by atoms with Gasteiger partial charge in [0.15, 0.2) is 0 Å². The monoisotopic (exact) mass is 205 g/mol. The van der Waals surface area contributed by atoms with Gasteiger partial charge < -0.3 is 10.1 Å². The molecule has 2 nitrogen and oxygen atoms in total. The molecule has 1 atom stereocenters. The molecule has 0 aromatic heterocycles. The van der Waals surface area contributed by atoms with E-state index in [0.29, 0.717) is 6.04 Å². The second kappa shape index (κ2) is 5.29. The van der Waals surface area contributed by atoms with Gasteiger partial charge in [0.1, 0.15) is 0 Å². The Morgan fingerprint density at radius 1 is 1.33 bits per heavy atom. The van der Waals surface area contributed by atoms with Crippen LogP contribution in [0.4, 0.5) is 0 Å². The van der Waals surface area contributed by atoms with Gasteiger partial charge in [0.25, 0.3) is 0 Å². The topological polar surface area (TPSA) is 21.3 Å². The zero-order valence-electron chi connectivity index (χ0n) is 9.33. The molecule has 0 spiro atoms. The van der Waals surface area contributed by atoms with Gasteiger partial charge in [0.05, 0.1) is 6.61 Å². The lowest BCUT2D eigenvalue weighted by molar-refractivity contribution is 0.202. The first-order chi connectivity index (χ1) is 7.40. The summed E-state index contributed by atoms with van der Waals surface area (Å²) in [6.07, 6.45) is 3.59. The molecule has 1 aromatic rings. The maximum absolute atomic E-state index is 5.06. The minimum absolute atomic E-state index is 0.585. The summed E-state index contributed by atoms with van der Waals surface area (Å²) in [4.78, 5) is 0. The molecule has 1 aromatic carbocycles. The van der Waals surface area contributed by atoms with Crippen LogP contribution in [0.2, 0.25) is 0 Å². The van der Waals surface area contributed by atoms with E-state index in [-0.39, 0.29) is 0 Å². The van der Waals surface area contributed by atoms with Gasteiger partial charge >= 0.3 is 0 Å². The molecule has 1 unspecified atom stereocenters. The fourth-order valence-electron chi connectivity index (χ4n) is 2.11. The van der Waals surface area contributed by atoms with Gasteiger partial charge in [-0.3, -0.25) is 0 Å². The lowest BCUT2D eigenvalue weighted by atomic mass is 10.0. The van der Waals surface area contributed by atoms with Crippen molar-refractivity contribution in [3.8, 4) is 0 Å². The minimum atomic E-state index is 0.585. The van der Waals surface area contributed by atoms with Gasteiger partial charge in [-0.05, 0) is 36.9 Å². The summed E-state index contributed by atoms with van der Waals surface area (Å²) < 4.78 is 5.06. The maximum Gasteiger partial charge on any atom is 0.0502 e. The van der Waals surface area contributed by atoms with Crippen LogP contribution in [-0.2, 0) is 11.2 Å². The average molecular weight is 205 g/mol. The highest BCUT2D eigenvalue weighted by Crippen LogP contribution is 2.23. The van der Waals surface area contributed by atoms with Gasteiger partial charge in [-0.25, -0.2) is 0 Å². The van der Waals surface area contributed by atoms with Crippen LogP contribution in [0.1, 0.15) is 30.0 Å². The molecule has 0 saturated carbocycles. The van der Waals surface area contributed by atoms with Crippen molar-refractivity contribution in [2.24, 2.45) is 0 Å². The van der Waals surface area contributed by atoms with E-state index in [9.17, 15) is 0 Å². The molecule has 15 heavy (non-hydrogen) atoms. The Morgan fingerprint density at radius 2 is 2.13 bits per heavy atom. The van der Waals surface area contributed by atoms with Crippen molar-refractivity contribution < 1.29 is 4.74 Å². The van der Waals surface area contributed by atoms with Crippen molar-refractivity contribution in [3.63, 3.8) is 0 Å². The molecule has 1 saturated heterocycles. The summed E-state index contributed by atoms with van der Waals surface area (Å²) in [5.41, 5.74) is 2.78. The first kappa shape index (κ1) is 10.7. The molecule has 1 aliphatic heterocycles. The summed E-state index contributed by atoms with van der Waals surface area (Å²) in [7, 11) is 1.75. The van der Waals surface area contributed by atoms with Crippen molar-refractivity contribution in [3.05, 3.63) is 35.4 Å². The average Bonchev–Trinajstić information content (AvgIpc) is 2.80. The molecule has 1 fully saturated rings. The summed E-state index contributed by atoms with van der Waals surface area (Å²) in [5, 5.41) is 3.51. The minimum Gasteiger partial charge on any atom is -0.384 e. The van der Waals surface area contributed by atoms with Crippen LogP contribution >= 0.6 is 0 Å². The summed E-state index contributed by atoms with van der Waals surface area (Å²) in [6.45, 7) is 1.97. The molecule has 0 bridgehead atoms. The van der Waals surface area contributed by atoms with Crippen molar-refractivity contribution in [2.45, 2.75) is 25.3 Å². The van der Waals surface area contributed by atoms with E-state index in [1.54, 1.807) is 7.11 Å². The van der Waals surface area contributed by atoms with Crippen LogP contribution < -0.4 is 5.32 Å². The van der Waals surface area contributed by atoms with E-state index in [1.165, 1.54) is 24.0 Å². The smallest absolute Gasteiger partial charge is 0.0502 e. The molecule has 0 aliphatic carbocycles. The summed E-state index contributed by atoms with van der Waals surface area (Å²) >= 11 is 0. The molecule has 2 rings (SSSR count). The number of nitrogens with one attached hydrogen (secondary N) is 1. The first-order valence-corrected chi connectivity index (χ1v) is 5.71. The Labute approximate surface area is 91.6 Å². The van der Waals surface area contributed by atoms with Crippen LogP contribution in [-0.4, -0.2) is 20.3 Å². The molecular formula is C13H19NO.